The zero-order valence-corrected chi connectivity index (χ0v) is 12.0. The summed E-state index contributed by atoms with van der Waals surface area (Å²) in [6.45, 7) is 6.05. The van der Waals surface area contributed by atoms with Crippen molar-refractivity contribution < 1.29 is 8.42 Å². The molecule has 17 heavy (non-hydrogen) atoms. The fourth-order valence-corrected chi connectivity index (χ4v) is 3.36. The van der Waals surface area contributed by atoms with Gasteiger partial charge in [-0.15, -0.1) is 11.3 Å². The number of sulfonamides is 1. The Labute approximate surface area is 107 Å². The molecule has 0 unspecified atom stereocenters. The molecule has 98 valence electrons. The van der Waals surface area contributed by atoms with E-state index in [-0.39, 0.29) is 5.75 Å². The van der Waals surface area contributed by atoms with Crippen LogP contribution in [0.3, 0.4) is 0 Å². The van der Waals surface area contributed by atoms with Crippen LogP contribution in [-0.2, 0) is 16.6 Å². The number of thiophene rings is 1. The van der Waals surface area contributed by atoms with E-state index in [1.54, 1.807) is 11.3 Å². The third-order valence-electron chi connectivity index (χ3n) is 2.28. The van der Waals surface area contributed by atoms with Gasteiger partial charge in [-0.3, -0.25) is 0 Å². The largest absolute Gasteiger partial charge is 0.317 e. The molecule has 6 heteroatoms. The van der Waals surface area contributed by atoms with Crippen LogP contribution in [0.5, 0.6) is 0 Å². The second-order valence-corrected chi connectivity index (χ2v) is 7.16. The highest BCUT2D eigenvalue weighted by Crippen LogP contribution is 2.14. The molecule has 0 saturated heterocycles. The summed E-state index contributed by atoms with van der Waals surface area (Å²) in [5, 5.41) is 3.11. The van der Waals surface area contributed by atoms with E-state index in [1.807, 2.05) is 26.0 Å². The smallest absolute Gasteiger partial charge is 0.211 e. The number of hydrogen-bond acceptors (Lipinski definition) is 4. The zero-order chi connectivity index (χ0) is 12.7. The molecule has 0 aliphatic carbocycles. The molecule has 0 aromatic carbocycles. The Morgan fingerprint density at radius 3 is 2.71 bits per heavy atom. The molecule has 2 N–H and O–H groups in total. The van der Waals surface area contributed by atoms with E-state index < -0.39 is 10.0 Å². The van der Waals surface area contributed by atoms with Crippen molar-refractivity contribution in [2.24, 2.45) is 0 Å². The first-order valence-corrected chi connectivity index (χ1v) is 8.24. The minimum absolute atomic E-state index is 0.185. The predicted molar refractivity (Wildman–Crippen MR) is 72.8 cm³/mol. The van der Waals surface area contributed by atoms with Crippen LogP contribution in [0.4, 0.5) is 0 Å². The minimum Gasteiger partial charge on any atom is -0.317 e. The number of aryl methyl sites for hydroxylation is 1. The molecule has 1 heterocycles. The summed E-state index contributed by atoms with van der Waals surface area (Å²) < 4.78 is 25.9. The summed E-state index contributed by atoms with van der Waals surface area (Å²) in [5.41, 5.74) is 0. The van der Waals surface area contributed by atoms with E-state index in [2.05, 4.69) is 10.0 Å². The summed E-state index contributed by atoms with van der Waals surface area (Å²) in [5.74, 6) is 0.185. The van der Waals surface area contributed by atoms with Crippen LogP contribution in [0.1, 0.15) is 23.1 Å². The summed E-state index contributed by atoms with van der Waals surface area (Å²) in [6, 6.07) is 3.96. The lowest BCUT2D eigenvalue weighted by molar-refractivity contribution is 0.576. The zero-order valence-electron chi connectivity index (χ0n) is 10.3. The highest BCUT2D eigenvalue weighted by molar-refractivity contribution is 7.89. The lowest BCUT2D eigenvalue weighted by Crippen LogP contribution is -2.27. The fraction of sp³-hybridized carbons (Fsp3) is 0.636. The van der Waals surface area contributed by atoms with Gasteiger partial charge in [0.25, 0.3) is 0 Å². The molecular weight excluding hydrogens is 256 g/mol. The van der Waals surface area contributed by atoms with E-state index in [1.165, 1.54) is 4.88 Å². The molecule has 0 amide bonds. The van der Waals surface area contributed by atoms with Crippen molar-refractivity contribution in [1.82, 2.24) is 10.0 Å². The standard InChI is InChI=1S/C11H20N2O2S2/c1-3-12-7-4-8-17(14,15)13-9-11-6-5-10(2)16-11/h5-6,12-13H,3-4,7-9H2,1-2H3. The molecule has 0 atom stereocenters. The van der Waals surface area contributed by atoms with Gasteiger partial charge in [0.2, 0.25) is 10.0 Å². The Bertz CT molecular complexity index is 426. The Hall–Kier alpha value is -0.430. The molecule has 0 aliphatic rings. The van der Waals surface area contributed by atoms with Crippen molar-refractivity contribution in [3.63, 3.8) is 0 Å². The fourth-order valence-electron chi connectivity index (χ4n) is 1.40. The van der Waals surface area contributed by atoms with Crippen molar-refractivity contribution in [3.05, 3.63) is 21.9 Å². The second kappa shape index (κ2) is 7.10. The molecule has 1 rings (SSSR count). The Morgan fingerprint density at radius 1 is 1.35 bits per heavy atom. The molecule has 4 nitrogen and oxygen atoms in total. The van der Waals surface area contributed by atoms with Crippen LogP contribution in [0, 0.1) is 6.92 Å². The maximum absolute atomic E-state index is 11.6. The topological polar surface area (TPSA) is 58.2 Å². The average Bonchev–Trinajstić information content (AvgIpc) is 2.68. The number of rotatable bonds is 8. The van der Waals surface area contributed by atoms with Crippen LogP contribution >= 0.6 is 11.3 Å². The number of nitrogens with one attached hydrogen (secondary N) is 2. The summed E-state index contributed by atoms with van der Waals surface area (Å²) >= 11 is 1.62. The van der Waals surface area contributed by atoms with Gasteiger partial charge in [-0.2, -0.15) is 0 Å². The van der Waals surface area contributed by atoms with Crippen LogP contribution in [0.15, 0.2) is 12.1 Å². The molecule has 0 aliphatic heterocycles. The first-order valence-electron chi connectivity index (χ1n) is 5.77. The Kier molecular flexibility index (Phi) is 6.11. The van der Waals surface area contributed by atoms with Crippen molar-refractivity contribution in [1.29, 1.82) is 0 Å². The monoisotopic (exact) mass is 276 g/mol. The van der Waals surface area contributed by atoms with Crippen molar-refractivity contribution in [2.45, 2.75) is 26.8 Å². The van der Waals surface area contributed by atoms with Gasteiger partial charge in [0.15, 0.2) is 0 Å². The quantitative estimate of drug-likeness (QED) is 0.707. The van der Waals surface area contributed by atoms with E-state index in [0.29, 0.717) is 13.0 Å². The Balaban J connectivity index is 2.29. The van der Waals surface area contributed by atoms with Gasteiger partial charge in [0.05, 0.1) is 5.75 Å². The van der Waals surface area contributed by atoms with E-state index >= 15 is 0 Å². The van der Waals surface area contributed by atoms with E-state index in [0.717, 1.165) is 18.0 Å². The summed E-state index contributed by atoms with van der Waals surface area (Å²) in [6.07, 6.45) is 0.645. The molecule has 0 spiro atoms. The maximum atomic E-state index is 11.6. The third kappa shape index (κ3) is 6.16. The van der Waals surface area contributed by atoms with E-state index in [4.69, 9.17) is 0 Å². The van der Waals surface area contributed by atoms with Gasteiger partial charge in [0.1, 0.15) is 0 Å². The normalized spacial score (nSPS) is 11.9. The van der Waals surface area contributed by atoms with Gasteiger partial charge in [0, 0.05) is 16.3 Å². The van der Waals surface area contributed by atoms with Crippen LogP contribution in [-0.4, -0.2) is 27.3 Å². The lowest BCUT2D eigenvalue weighted by Gasteiger charge is -2.05. The molecular formula is C11H20N2O2S2. The number of hydrogen-bond donors (Lipinski definition) is 2. The van der Waals surface area contributed by atoms with E-state index in [9.17, 15) is 8.42 Å². The molecule has 1 aromatic heterocycles. The highest BCUT2D eigenvalue weighted by atomic mass is 32.2. The van der Waals surface area contributed by atoms with Crippen molar-refractivity contribution >= 4 is 21.4 Å². The summed E-state index contributed by atoms with van der Waals surface area (Å²) in [4.78, 5) is 2.25. The minimum atomic E-state index is -3.13. The highest BCUT2D eigenvalue weighted by Gasteiger charge is 2.09. The van der Waals surface area contributed by atoms with Crippen LogP contribution < -0.4 is 10.0 Å². The van der Waals surface area contributed by atoms with Gasteiger partial charge in [-0.05, 0) is 38.6 Å². The predicted octanol–water partition coefficient (Wildman–Crippen LogP) is 1.48. The Morgan fingerprint density at radius 2 is 2.12 bits per heavy atom. The molecule has 0 bridgehead atoms. The van der Waals surface area contributed by atoms with Crippen molar-refractivity contribution in [3.8, 4) is 0 Å². The van der Waals surface area contributed by atoms with Crippen LogP contribution in [0.2, 0.25) is 0 Å². The SMILES string of the molecule is CCNCCCS(=O)(=O)NCc1ccc(C)s1. The second-order valence-electron chi connectivity index (χ2n) is 3.86. The molecule has 0 saturated carbocycles. The van der Waals surface area contributed by atoms with Crippen LogP contribution in [0.25, 0.3) is 0 Å². The third-order valence-corrected chi connectivity index (χ3v) is 4.69. The first-order chi connectivity index (χ1) is 8.03. The van der Waals surface area contributed by atoms with Crippen molar-refractivity contribution in [2.75, 3.05) is 18.8 Å². The first kappa shape index (κ1) is 14.6. The van der Waals surface area contributed by atoms with Gasteiger partial charge in [-0.25, -0.2) is 13.1 Å². The molecule has 1 aromatic rings. The van der Waals surface area contributed by atoms with Gasteiger partial charge in [-0.1, -0.05) is 6.92 Å². The molecule has 0 fully saturated rings. The molecule has 0 radical (unpaired) electrons. The lowest BCUT2D eigenvalue weighted by atomic mass is 10.4. The van der Waals surface area contributed by atoms with Gasteiger partial charge >= 0.3 is 0 Å². The average molecular weight is 276 g/mol. The maximum Gasteiger partial charge on any atom is 0.211 e. The van der Waals surface area contributed by atoms with Gasteiger partial charge < -0.3 is 5.32 Å². The summed E-state index contributed by atoms with van der Waals surface area (Å²) in [7, 11) is -3.13.